The summed E-state index contributed by atoms with van der Waals surface area (Å²) >= 11 is 6.33. The van der Waals surface area contributed by atoms with Crippen molar-refractivity contribution in [3.8, 4) is 12.3 Å². The molecule has 23 heteroatoms. The van der Waals surface area contributed by atoms with Crippen LogP contribution in [0.5, 0.6) is 0 Å². The highest BCUT2D eigenvalue weighted by molar-refractivity contribution is 7.73. The van der Waals surface area contributed by atoms with E-state index in [0.29, 0.717) is 63.8 Å². The third-order valence-electron chi connectivity index (χ3n) is 7.72. The first-order valence-electron chi connectivity index (χ1n) is 16.0. The number of piperidine rings is 1. The number of carbonyl (C=O) groups excluding carboxylic acids is 1. The molecule has 0 radical (unpaired) electrons. The number of anilines is 1. The minimum Gasteiger partial charge on any atom is -0.387 e. The van der Waals surface area contributed by atoms with Crippen LogP contribution in [0.15, 0.2) is 6.20 Å². The maximum atomic E-state index is 13.3. The van der Waals surface area contributed by atoms with Crippen molar-refractivity contribution >= 4 is 49.9 Å². The predicted octanol–water partition coefficient (Wildman–Crippen LogP) is -0.827. The minimum atomic E-state index is -4.69. The number of amides is 1. The van der Waals surface area contributed by atoms with E-state index in [2.05, 4.69) is 26.3 Å². The van der Waals surface area contributed by atoms with Gasteiger partial charge in [0.1, 0.15) is 36.8 Å². The van der Waals surface area contributed by atoms with Crippen molar-refractivity contribution in [3.05, 3.63) is 11.5 Å². The molecular formula is C28H44ClN6O14P2+. The van der Waals surface area contributed by atoms with E-state index < -0.39 is 58.6 Å². The second-order valence-corrected chi connectivity index (χ2v) is 15.9. The molecule has 0 spiro atoms. The summed E-state index contributed by atoms with van der Waals surface area (Å²) in [5.41, 5.74) is 0.118. The number of fused-ring (bicyclic) bond motifs is 1. The number of rotatable bonds is 21. The summed E-state index contributed by atoms with van der Waals surface area (Å²) in [4.78, 5) is 61.0. The SMILES string of the molecule is C#CCOCCOCCOCCOCCNC(=O)[C@H]1CCCCN1c1nc(Cl)nc2c1cnn2[C@@H]1O[C@H](COP(=O)(O)C[P+](O)(O)O)[C@@H](O)[C@H]1O. The Balaban J connectivity index is 1.31. The summed E-state index contributed by atoms with van der Waals surface area (Å²) in [5, 5.41) is 28.8. The standard InChI is InChI=1S/C28H43ClN6O14P2/c1-2-8-44-10-12-46-14-15-47-13-11-45-9-6-30-26(38)20-5-3-4-7-34(20)24-19-16-31-35(25(19)33-28(29)32-24)27-23(37)22(36)21(49-27)17-48-51(42,43)18-50(39,40)41/h1,16,20-23,27,36-37,39-41H,3-15,17-18H2,(H-,30,38,42,43)/p+1/t20-,21-,22-,23-,27-/m1/s1. The number of hydrogen-bond acceptors (Lipinski definition) is 17. The van der Waals surface area contributed by atoms with Crippen LogP contribution in [0, 0.1) is 12.3 Å². The summed E-state index contributed by atoms with van der Waals surface area (Å²) in [5.74, 6) is 1.14. The van der Waals surface area contributed by atoms with Gasteiger partial charge in [0.25, 0.3) is 0 Å². The van der Waals surface area contributed by atoms with E-state index in [1.807, 2.05) is 0 Å². The normalized spacial score (nSPS) is 23.7. The average Bonchev–Trinajstić information content (AvgIpc) is 3.61. The van der Waals surface area contributed by atoms with Crippen LogP contribution in [0.1, 0.15) is 25.5 Å². The molecule has 0 aliphatic carbocycles. The molecule has 0 aromatic carbocycles. The number of nitrogens with zero attached hydrogens (tertiary/aromatic N) is 5. The van der Waals surface area contributed by atoms with Gasteiger partial charge in [-0.2, -0.15) is 29.7 Å². The third-order valence-corrected chi connectivity index (χ3v) is 11.4. The summed E-state index contributed by atoms with van der Waals surface area (Å²) in [6.45, 7) is 2.87. The molecule has 4 heterocycles. The van der Waals surface area contributed by atoms with Gasteiger partial charge in [0.05, 0.1) is 64.4 Å². The van der Waals surface area contributed by atoms with Gasteiger partial charge >= 0.3 is 15.5 Å². The molecule has 4 rings (SSSR count). The fourth-order valence-electron chi connectivity index (χ4n) is 5.44. The van der Waals surface area contributed by atoms with Crippen molar-refractivity contribution in [2.45, 2.75) is 49.8 Å². The maximum Gasteiger partial charge on any atom is 0.416 e. The van der Waals surface area contributed by atoms with E-state index >= 15 is 0 Å². The van der Waals surface area contributed by atoms with Crippen LogP contribution in [0.4, 0.5) is 5.82 Å². The number of aromatic nitrogens is 4. The van der Waals surface area contributed by atoms with Crippen molar-refractivity contribution in [1.82, 2.24) is 25.1 Å². The molecule has 2 aromatic rings. The van der Waals surface area contributed by atoms with Gasteiger partial charge in [-0.05, 0) is 30.9 Å². The zero-order valence-corrected chi connectivity index (χ0v) is 30.2. The third kappa shape index (κ3) is 12.5. The minimum absolute atomic E-state index is 0.118. The number of hydrogen-bond donors (Lipinski definition) is 7. The van der Waals surface area contributed by atoms with Gasteiger partial charge < -0.3 is 53.5 Å². The Labute approximate surface area is 299 Å². The van der Waals surface area contributed by atoms with Gasteiger partial charge in [0, 0.05) is 13.1 Å². The fraction of sp³-hybridized carbons (Fsp3) is 0.714. The molecule has 0 bridgehead atoms. The van der Waals surface area contributed by atoms with E-state index in [9.17, 15) is 24.5 Å². The van der Waals surface area contributed by atoms with E-state index in [1.54, 1.807) is 4.90 Å². The highest BCUT2D eigenvalue weighted by Crippen LogP contribution is 2.60. The van der Waals surface area contributed by atoms with E-state index in [0.717, 1.165) is 17.5 Å². The predicted molar refractivity (Wildman–Crippen MR) is 181 cm³/mol. The van der Waals surface area contributed by atoms with Crippen LogP contribution in [0.2, 0.25) is 5.28 Å². The average molecular weight is 786 g/mol. The van der Waals surface area contributed by atoms with Gasteiger partial charge in [0.15, 0.2) is 11.9 Å². The van der Waals surface area contributed by atoms with Crippen molar-refractivity contribution in [3.63, 3.8) is 0 Å². The molecule has 286 valence electrons. The van der Waals surface area contributed by atoms with Crippen LogP contribution in [-0.2, 0) is 37.6 Å². The van der Waals surface area contributed by atoms with Gasteiger partial charge in [-0.1, -0.05) is 5.92 Å². The van der Waals surface area contributed by atoms with Crippen LogP contribution in [0.3, 0.4) is 0 Å². The molecule has 7 N–H and O–H groups in total. The molecule has 20 nitrogen and oxygen atoms in total. The van der Waals surface area contributed by atoms with Crippen molar-refractivity contribution in [2.24, 2.45) is 0 Å². The zero-order valence-electron chi connectivity index (χ0n) is 27.6. The second kappa shape index (κ2) is 19.8. The monoisotopic (exact) mass is 785 g/mol. The lowest BCUT2D eigenvalue weighted by Gasteiger charge is -2.35. The van der Waals surface area contributed by atoms with Gasteiger partial charge in [-0.15, -0.1) is 6.42 Å². The summed E-state index contributed by atoms with van der Waals surface area (Å²) in [7, 11) is -9.33. The van der Waals surface area contributed by atoms with E-state index in [4.69, 9.17) is 60.9 Å². The topological polar surface area (TPSA) is 270 Å². The van der Waals surface area contributed by atoms with Crippen molar-refractivity contribution in [1.29, 1.82) is 0 Å². The first-order valence-corrected chi connectivity index (χ1v) is 20.0. The molecule has 2 aliphatic heterocycles. The van der Waals surface area contributed by atoms with Gasteiger partial charge in [-0.3, -0.25) is 9.36 Å². The number of terminal acetylenes is 1. The fourth-order valence-corrected chi connectivity index (χ4v) is 8.23. The maximum absolute atomic E-state index is 13.3. The first-order chi connectivity index (χ1) is 24.3. The van der Waals surface area contributed by atoms with E-state index in [1.165, 1.54) is 6.20 Å². The van der Waals surface area contributed by atoms with Gasteiger partial charge in [0.2, 0.25) is 17.1 Å². The first kappa shape index (κ1) is 41.6. The lowest BCUT2D eigenvalue weighted by atomic mass is 10.0. The molecule has 1 amide bonds. The molecule has 0 saturated carbocycles. The Bertz CT molecular complexity index is 1510. The highest BCUT2D eigenvalue weighted by atomic mass is 35.5. The quantitative estimate of drug-likeness (QED) is 0.0352. The summed E-state index contributed by atoms with van der Waals surface area (Å²) < 4.78 is 45.3. The molecule has 2 aliphatic rings. The Morgan fingerprint density at radius 1 is 1.06 bits per heavy atom. The number of nitrogens with one attached hydrogen (secondary N) is 1. The Hall–Kier alpha value is -2.15. The lowest BCUT2D eigenvalue weighted by molar-refractivity contribution is -0.123. The molecule has 51 heavy (non-hydrogen) atoms. The molecule has 1 unspecified atom stereocenters. The smallest absolute Gasteiger partial charge is 0.387 e. The lowest BCUT2D eigenvalue weighted by Crippen LogP contribution is -2.50. The largest absolute Gasteiger partial charge is 0.416 e. The zero-order chi connectivity index (χ0) is 37.0. The Morgan fingerprint density at radius 2 is 1.73 bits per heavy atom. The highest BCUT2D eigenvalue weighted by Gasteiger charge is 2.48. The number of carbonyl (C=O) groups is 1. The van der Waals surface area contributed by atoms with Crippen LogP contribution in [0.25, 0.3) is 11.0 Å². The number of ether oxygens (including phenoxy) is 5. The van der Waals surface area contributed by atoms with E-state index in [-0.39, 0.29) is 36.6 Å². The van der Waals surface area contributed by atoms with Crippen LogP contribution in [-0.4, -0.2) is 158 Å². The summed E-state index contributed by atoms with van der Waals surface area (Å²) in [6.07, 6.45) is 2.67. The molecular weight excluding hydrogens is 742 g/mol. The number of halogens is 1. The van der Waals surface area contributed by atoms with Gasteiger partial charge in [-0.25, -0.2) is 4.68 Å². The molecule has 2 saturated heterocycles. The Morgan fingerprint density at radius 3 is 2.39 bits per heavy atom. The molecule has 6 atom stereocenters. The second-order valence-electron chi connectivity index (χ2n) is 11.5. The van der Waals surface area contributed by atoms with Crippen LogP contribution >= 0.6 is 27.1 Å². The summed E-state index contributed by atoms with van der Waals surface area (Å²) in [6, 6.07) is -0.597. The number of aliphatic hydroxyl groups excluding tert-OH is 2. The van der Waals surface area contributed by atoms with Crippen molar-refractivity contribution < 1.29 is 67.4 Å². The van der Waals surface area contributed by atoms with Crippen LogP contribution < -0.4 is 10.2 Å². The molecule has 2 aromatic heterocycles. The Kier molecular flexibility index (Phi) is 16.1. The van der Waals surface area contributed by atoms with Crippen molar-refractivity contribution in [2.75, 3.05) is 83.4 Å². The number of aliphatic hydroxyl groups is 2. The molecule has 2 fully saturated rings.